The lowest BCUT2D eigenvalue weighted by Crippen LogP contribution is -2.08. The average molecular weight is 232 g/mol. The van der Waals surface area contributed by atoms with Gasteiger partial charge in [-0.15, -0.1) is 0 Å². The third kappa shape index (κ3) is 2.44. The van der Waals surface area contributed by atoms with Gasteiger partial charge in [0.1, 0.15) is 5.75 Å². The van der Waals surface area contributed by atoms with Crippen molar-refractivity contribution in [1.29, 1.82) is 0 Å². The predicted octanol–water partition coefficient (Wildman–Crippen LogP) is 2.34. The van der Waals surface area contributed by atoms with Gasteiger partial charge in [0.25, 0.3) is 0 Å². The molecule has 0 fully saturated rings. The molecule has 0 amide bonds. The molecule has 92 valence electrons. The van der Waals surface area contributed by atoms with E-state index in [2.05, 4.69) is 35.3 Å². The van der Waals surface area contributed by atoms with E-state index in [0.717, 1.165) is 18.7 Å². The molecule has 1 heterocycles. The molecule has 0 aliphatic rings. The van der Waals surface area contributed by atoms with Crippen molar-refractivity contribution in [2.75, 3.05) is 20.7 Å². The summed E-state index contributed by atoms with van der Waals surface area (Å²) in [4.78, 5) is 0. The van der Waals surface area contributed by atoms with Crippen LogP contribution in [0.2, 0.25) is 0 Å². The molecule has 1 aromatic carbocycles. The van der Waals surface area contributed by atoms with Crippen LogP contribution in [0.15, 0.2) is 24.4 Å². The summed E-state index contributed by atoms with van der Waals surface area (Å²) < 4.78 is 7.43. The van der Waals surface area contributed by atoms with Gasteiger partial charge in [0.15, 0.2) is 0 Å². The molecule has 1 N–H and O–H groups in total. The minimum atomic E-state index is 0.917. The summed E-state index contributed by atoms with van der Waals surface area (Å²) in [5.41, 5.74) is 2.66. The second-order valence-electron chi connectivity index (χ2n) is 4.36. The van der Waals surface area contributed by atoms with Crippen molar-refractivity contribution in [3.63, 3.8) is 0 Å². The van der Waals surface area contributed by atoms with Crippen molar-refractivity contribution in [1.82, 2.24) is 9.88 Å². The van der Waals surface area contributed by atoms with Gasteiger partial charge in [-0.25, -0.2) is 0 Å². The normalized spacial score (nSPS) is 11.0. The summed E-state index contributed by atoms with van der Waals surface area (Å²) in [6, 6.07) is 6.28. The number of nitrogens with one attached hydrogen (secondary N) is 1. The summed E-state index contributed by atoms with van der Waals surface area (Å²) >= 11 is 0. The van der Waals surface area contributed by atoms with Crippen LogP contribution in [0.25, 0.3) is 10.9 Å². The molecule has 0 aliphatic heterocycles. The number of aryl methyl sites for hydroxylation is 2. The van der Waals surface area contributed by atoms with E-state index in [1.807, 2.05) is 13.1 Å². The summed E-state index contributed by atoms with van der Waals surface area (Å²) in [6.07, 6.45) is 4.51. The number of rotatable bonds is 5. The Labute approximate surface area is 102 Å². The zero-order chi connectivity index (χ0) is 12.3. The van der Waals surface area contributed by atoms with Gasteiger partial charge in [-0.3, -0.25) is 0 Å². The van der Waals surface area contributed by atoms with E-state index in [1.165, 1.54) is 22.9 Å². The van der Waals surface area contributed by atoms with Crippen LogP contribution < -0.4 is 10.1 Å². The first-order valence-electron chi connectivity index (χ1n) is 6.03. The Bertz CT molecular complexity index is 502. The number of hydrogen-bond donors (Lipinski definition) is 1. The number of aromatic nitrogens is 1. The molecule has 3 heteroatoms. The number of methoxy groups -OCH3 is 1. The maximum atomic E-state index is 5.26. The molecule has 3 nitrogen and oxygen atoms in total. The fourth-order valence-electron chi connectivity index (χ4n) is 2.23. The predicted molar refractivity (Wildman–Crippen MR) is 71.7 cm³/mol. The molecule has 0 atom stereocenters. The Morgan fingerprint density at radius 1 is 1.35 bits per heavy atom. The first-order valence-corrected chi connectivity index (χ1v) is 6.03. The Kier molecular flexibility index (Phi) is 3.69. The zero-order valence-corrected chi connectivity index (χ0v) is 10.8. The molecule has 0 unspecified atom stereocenters. The topological polar surface area (TPSA) is 26.2 Å². The van der Waals surface area contributed by atoms with Gasteiger partial charge in [-0.2, -0.15) is 0 Å². The summed E-state index contributed by atoms with van der Waals surface area (Å²) in [7, 11) is 5.79. The molecule has 0 bridgehead atoms. The van der Waals surface area contributed by atoms with Crippen molar-refractivity contribution in [2.24, 2.45) is 7.05 Å². The molecular weight excluding hydrogens is 212 g/mol. The fraction of sp³-hybridized carbons (Fsp3) is 0.429. The van der Waals surface area contributed by atoms with E-state index < -0.39 is 0 Å². The highest BCUT2D eigenvalue weighted by Crippen LogP contribution is 2.25. The van der Waals surface area contributed by atoms with E-state index >= 15 is 0 Å². The molecule has 0 saturated carbocycles. The van der Waals surface area contributed by atoms with Gasteiger partial charge >= 0.3 is 0 Å². The van der Waals surface area contributed by atoms with Crippen molar-refractivity contribution in [3.8, 4) is 5.75 Å². The fourth-order valence-corrected chi connectivity index (χ4v) is 2.23. The lowest BCUT2D eigenvalue weighted by Gasteiger charge is -2.02. The van der Waals surface area contributed by atoms with E-state index in [-0.39, 0.29) is 0 Å². The Morgan fingerprint density at radius 2 is 2.18 bits per heavy atom. The van der Waals surface area contributed by atoms with Crippen molar-refractivity contribution >= 4 is 10.9 Å². The summed E-state index contributed by atoms with van der Waals surface area (Å²) in [6.45, 7) is 1.06. The van der Waals surface area contributed by atoms with Gasteiger partial charge in [0, 0.05) is 24.7 Å². The third-order valence-corrected chi connectivity index (χ3v) is 3.15. The summed E-state index contributed by atoms with van der Waals surface area (Å²) in [5, 5.41) is 4.52. The van der Waals surface area contributed by atoms with Crippen molar-refractivity contribution in [3.05, 3.63) is 30.0 Å². The van der Waals surface area contributed by atoms with E-state index in [1.54, 1.807) is 7.11 Å². The molecule has 0 saturated heterocycles. The number of benzene rings is 1. The Morgan fingerprint density at radius 3 is 2.88 bits per heavy atom. The second-order valence-corrected chi connectivity index (χ2v) is 4.36. The van der Waals surface area contributed by atoms with Gasteiger partial charge in [-0.1, -0.05) is 0 Å². The molecule has 1 aromatic heterocycles. The van der Waals surface area contributed by atoms with E-state index in [4.69, 9.17) is 4.74 Å². The van der Waals surface area contributed by atoms with E-state index in [9.17, 15) is 0 Å². The van der Waals surface area contributed by atoms with Crippen LogP contribution in [0.1, 0.15) is 12.0 Å². The number of nitrogens with zero attached hydrogens (tertiary/aromatic N) is 1. The first-order chi connectivity index (χ1) is 8.26. The Hall–Kier alpha value is -1.48. The summed E-state index contributed by atoms with van der Waals surface area (Å²) in [5.74, 6) is 0.917. The highest BCUT2D eigenvalue weighted by atomic mass is 16.5. The number of fused-ring (bicyclic) bond motifs is 1. The molecule has 0 radical (unpaired) electrons. The molecule has 0 spiro atoms. The van der Waals surface area contributed by atoms with Gasteiger partial charge < -0.3 is 14.6 Å². The smallest absolute Gasteiger partial charge is 0.120 e. The SMILES string of the molecule is CNCCCc1cn(C)c2cc(OC)ccc12. The third-order valence-electron chi connectivity index (χ3n) is 3.15. The lowest BCUT2D eigenvalue weighted by molar-refractivity contribution is 0.415. The van der Waals surface area contributed by atoms with Crippen LogP contribution in [0.5, 0.6) is 5.75 Å². The highest BCUT2D eigenvalue weighted by molar-refractivity contribution is 5.85. The first kappa shape index (κ1) is 12.0. The lowest BCUT2D eigenvalue weighted by atomic mass is 10.1. The van der Waals surface area contributed by atoms with Crippen LogP contribution in [0.4, 0.5) is 0 Å². The van der Waals surface area contributed by atoms with Gasteiger partial charge in [-0.05, 0) is 44.1 Å². The highest BCUT2D eigenvalue weighted by Gasteiger charge is 2.07. The van der Waals surface area contributed by atoms with Crippen LogP contribution in [0, 0.1) is 0 Å². The maximum Gasteiger partial charge on any atom is 0.120 e. The Balaban J connectivity index is 2.31. The van der Waals surface area contributed by atoms with Gasteiger partial charge in [0.05, 0.1) is 12.6 Å². The van der Waals surface area contributed by atoms with Crippen LogP contribution in [0.3, 0.4) is 0 Å². The van der Waals surface area contributed by atoms with Gasteiger partial charge in [0.2, 0.25) is 0 Å². The van der Waals surface area contributed by atoms with Crippen LogP contribution in [-0.4, -0.2) is 25.3 Å². The minimum absolute atomic E-state index is 0.917. The molecule has 2 rings (SSSR count). The molecule has 2 aromatic rings. The quantitative estimate of drug-likeness (QED) is 0.801. The maximum absolute atomic E-state index is 5.26. The standard InChI is InChI=1S/C14H20N2O/c1-15-8-4-5-11-10-16(2)14-9-12(17-3)6-7-13(11)14/h6-7,9-10,15H,4-5,8H2,1-3H3. The minimum Gasteiger partial charge on any atom is -0.497 e. The largest absolute Gasteiger partial charge is 0.497 e. The van der Waals surface area contributed by atoms with Crippen LogP contribution >= 0.6 is 0 Å². The molecule has 17 heavy (non-hydrogen) atoms. The molecular formula is C14H20N2O. The monoisotopic (exact) mass is 232 g/mol. The average Bonchev–Trinajstić information content (AvgIpc) is 2.66. The second kappa shape index (κ2) is 5.23. The van der Waals surface area contributed by atoms with Crippen LogP contribution in [-0.2, 0) is 13.5 Å². The number of hydrogen-bond acceptors (Lipinski definition) is 2. The van der Waals surface area contributed by atoms with Crippen molar-refractivity contribution in [2.45, 2.75) is 12.8 Å². The van der Waals surface area contributed by atoms with Crippen molar-refractivity contribution < 1.29 is 4.74 Å². The zero-order valence-electron chi connectivity index (χ0n) is 10.8. The number of ether oxygens (including phenoxy) is 1. The van der Waals surface area contributed by atoms with E-state index in [0.29, 0.717) is 0 Å². The molecule has 0 aliphatic carbocycles.